The van der Waals surface area contributed by atoms with Crippen LogP contribution in [0.2, 0.25) is 0 Å². The molecule has 0 bridgehead atoms. The summed E-state index contributed by atoms with van der Waals surface area (Å²) >= 11 is 0. The lowest BCUT2D eigenvalue weighted by molar-refractivity contribution is 0.131. The summed E-state index contributed by atoms with van der Waals surface area (Å²) < 4.78 is 2.15. The molecular weight excluding hydrogens is 260 g/mol. The lowest BCUT2D eigenvalue weighted by Crippen LogP contribution is -2.40. The van der Waals surface area contributed by atoms with Crippen molar-refractivity contribution >= 4 is 5.65 Å². The molecule has 2 aromatic heterocycles. The molecule has 114 valence electrons. The van der Waals surface area contributed by atoms with Crippen LogP contribution < -0.4 is 5.32 Å². The van der Waals surface area contributed by atoms with Crippen LogP contribution in [-0.2, 0) is 6.54 Å². The first-order valence-electron chi connectivity index (χ1n) is 8.09. The predicted molar refractivity (Wildman–Crippen MR) is 86.5 cm³/mol. The van der Waals surface area contributed by atoms with Gasteiger partial charge in [0.25, 0.3) is 0 Å². The molecule has 3 rings (SSSR count). The van der Waals surface area contributed by atoms with Crippen LogP contribution in [0.25, 0.3) is 5.65 Å². The molecule has 0 spiro atoms. The largest absolute Gasteiger partial charge is 0.320 e. The average Bonchev–Trinajstić information content (AvgIpc) is 2.87. The zero-order valence-corrected chi connectivity index (χ0v) is 13.2. The molecule has 0 radical (unpaired) electrons. The quantitative estimate of drug-likeness (QED) is 0.917. The van der Waals surface area contributed by atoms with Gasteiger partial charge in [0.15, 0.2) is 0 Å². The molecule has 1 N–H and O–H groups in total. The van der Waals surface area contributed by atoms with E-state index >= 15 is 0 Å². The molecule has 4 nitrogen and oxygen atoms in total. The van der Waals surface area contributed by atoms with Crippen molar-refractivity contribution < 1.29 is 0 Å². The molecule has 0 aliphatic carbocycles. The number of fused-ring (bicyclic) bond motifs is 1. The molecule has 1 aliphatic rings. The highest BCUT2D eigenvalue weighted by Crippen LogP contribution is 2.21. The number of hydrogen-bond acceptors (Lipinski definition) is 3. The number of piperidine rings is 1. The molecule has 0 aromatic carbocycles. The molecule has 1 saturated heterocycles. The van der Waals surface area contributed by atoms with Gasteiger partial charge in [-0.25, -0.2) is 4.98 Å². The smallest absolute Gasteiger partial charge is 0.137 e. The summed E-state index contributed by atoms with van der Waals surface area (Å²) in [6, 6.07) is 4.94. The highest BCUT2D eigenvalue weighted by Gasteiger charge is 2.22. The third-order valence-corrected chi connectivity index (χ3v) is 4.49. The van der Waals surface area contributed by atoms with Crippen LogP contribution in [0, 0.1) is 6.92 Å². The molecular formula is C17H26N4. The Hall–Kier alpha value is -1.39. The van der Waals surface area contributed by atoms with Gasteiger partial charge in [-0.2, -0.15) is 0 Å². The Balaban J connectivity index is 1.72. The SMILES string of the molecule is CNCCC1CCCCN1Cc1cn2cc(C)ccc2n1. The normalized spacial score (nSPS) is 20.2. The highest BCUT2D eigenvalue weighted by atomic mass is 15.2. The number of imidazole rings is 1. The average molecular weight is 286 g/mol. The van der Waals surface area contributed by atoms with E-state index in [0.717, 1.165) is 18.7 Å². The summed E-state index contributed by atoms with van der Waals surface area (Å²) in [5.74, 6) is 0. The van der Waals surface area contributed by atoms with Crippen LogP contribution in [0.15, 0.2) is 24.5 Å². The van der Waals surface area contributed by atoms with Crippen molar-refractivity contribution in [2.24, 2.45) is 0 Å². The second-order valence-electron chi connectivity index (χ2n) is 6.22. The Morgan fingerprint density at radius 3 is 3.05 bits per heavy atom. The molecule has 0 saturated carbocycles. The number of rotatable bonds is 5. The fourth-order valence-electron chi connectivity index (χ4n) is 3.35. The Kier molecular flexibility index (Phi) is 4.56. The zero-order valence-electron chi connectivity index (χ0n) is 13.2. The predicted octanol–water partition coefficient (Wildman–Crippen LogP) is 2.61. The number of aryl methyl sites for hydroxylation is 1. The fourth-order valence-corrected chi connectivity index (χ4v) is 3.35. The maximum absolute atomic E-state index is 4.77. The Bertz CT molecular complexity index is 589. The lowest BCUT2D eigenvalue weighted by atomic mass is 9.99. The van der Waals surface area contributed by atoms with Crippen LogP contribution in [0.1, 0.15) is 36.9 Å². The van der Waals surface area contributed by atoms with Gasteiger partial charge >= 0.3 is 0 Å². The van der Waals surface area contributed by atoms with E-state index in [4.69, 9.17) is 4.98 Å². The molecule has 1 atom stereocenters. The Morgan fingerprint density at radius 2 is 2.19 bits per heavy atom. The summed E-state index contributed by atoms with van der Waals surface area (Å²) in [4.78, 5) is 7.39. The van der Waals surface area contributed by atoms with Crippen LogP contribution >= 0.6 is 0 Å². The second kappa shape index (κ2) is 6.58. The number of hydrogen-bond donors (Lipinski definition) is 1. The van der Waals surface area contributed by atoms with Gasteiger partial charge in [0, 0.05) is 25.0 Å². The highest BCUT2D eigenvalue weighted by molar-refractivity contribution is 5.41. The number of likely N-dealkylation sites (tertiary alicyclic amines) is 1. The van der Waals surface area contributed by atoms with Crippen LogP contribution in [0.3, 0.4) is 0 Å². The Labute approximate surface area is 127 Å². The molecule has 3 heterocycles. The van der Waals surface area contributed by atoms with E-state index < -0.39 is 0 Å². The molecule has 2 aromatic rings. The monoisotopic (exact) mass is 286 g/mol. The first kappa shape index (κ1) is 14.5. The zero-order chi connectivity index (χ0) is 14.7. The van der Waals surface area contributed by atoms with Crippen LogP contribution in [0.5, 0.6) is 0 Å². The van der Waals surface area contributed by atoms with E-state index in [0.29, 0.717) is 6.04 Å². The Morgan fingerprint density at radius 1 is 1.29 bits per heavy atom. The summed E-state index contributed by atoms with van der Waals surface area (Å²) in [5.41, 5.74) is 3.52. The molecule has 4 heteroatoms. The summed E-state index contributed by atoms with van der Waals surface area (Å²) in [5, 5.41) is 3.28. The molecule has 21 heavy (non-hydrogen) atoms. The topological polar surface area (TPSA) is 32.6 Å². The van der Waals surface area contributed by atoms with Gasteiger partial charge in [0.05, 0.1) is 5.69 Å². The van der Waals surface area contributed by atoms with Gasteiger partial charge in [0.2, 0.25) is 0 Å². The van der Waals surface area contributed by atoms with Gasteiger partial charge in [-0.1, -0.05) is 12.5 Å². The van der Waals surface area contributed by atoms with Gasteiger partial charge in [-0.3, -0.25) is 4.90 Å². The van der Waals surface area contributed by atoms with Crippen molar-refractivity contribution in [3.63, 3.8) is 0 Å². The minimum Gasteiger partial charge on any atom is -0.320 e. The number of aromatic nitrogens is 2. The van der Waals surface area contributed by atoms with Crippen LogP contribution in [-0.4, -0.2) is 40.5 Å². The first-order chi connectivity index (χ1) is 10.3. The van der Waals surface area contributed by atoms with Crippen molar-refractivity contribution in [1.29, 1.82) is 0 Å². The number of nitrogens with one attached hydrogen (secondary N) is 1. The second-order valence-corrected chi connectivity index (χ2v) is 6.22. The fraction of sp³-hybridized carbons (Fsp3) is 0.588. The number of nitrogens with zero attached hydrogens (tertiary/aromatic N) is 3. The molecule has 0 amide bonds. The van der Waals surface area contributed by atoms with E-state index in [1.54, 1.807) is 0 Å². The van der Waals surface area contributed by atoms with Gasteiger partial charge in [-0.05, 0) is 58.0 Å². The van der Waals surface area contributed by atoms with E-state index in [2.05, 4.69) is 46.1 Å². The summed E-state index contributed by atoms with van der Waals surface area (Å²) in [7, 11) is 2.04. The maximum atomic E-state index is 4.77. The van der Waals surface area contributed by atoms with Crippen molar-refractivity contribution in [2.75, 3.05) is 20.1 Å². The van der Waals surface area contributed by atoms with E-state index in [1.807, 2.05) is 7.05 Å². The van der Waals surface area contributed by atoms with Crippen molar-refractivity contribution in [1.82, 2.24) is 19.6 Å². The van der Waals surface area contributed by atoms with Gasteiger partial charge in [0.1, 0.15) is 5.65 Å². The molecule has 1 unspecified atom stereocenters. The third-order valence-electron chi connectivity index (χ3n) is 4.49. The van der Waals surface area contributed by atoms with Gasteiger partial charge in [-0.15, -0.1) is 0 Å². The van der Waals surface area contributed by atoms with E-state index in [1.165, 1.54) is 43.5 Å². The van der Waals surface area contributed by atoms with Crippen molar-refractivity contribution in [3.8, 4) is 0 Å². The molecule has 1 fully saturated rings. The minimum absolute atomic E-state index is 0.706. The minimum atomic E-state index is 0.706. The third kappa shape index (κ3) is 3.44. The van der Waals surface area contributed by atoms with Crippen LogP contribution in [0.4, 0.5) is 0 Å². The number of pyridine rings is 1. The standard InChI is InChI=1S/C17H26N4/c1-14-6-7-17-19-15(13-21(17)11-14)12-20-10-4-3-5-16(20)8-9-18-2/h6-7,11,13,16,18H,3-5,8-10,12H2,1-2H3. The summed E-state index contributed by atoms with van der Waals surface area (Å²) in [6.45, 7) is 5.42. The summed E-state index contributed by atoms with van der Waals surface area (Å²) in [6.07, 6.45) is 9.60. The lowest BCUT2D eigenvalue weighted by Gasteiger charge is -2.35. The van der Waals surface area contributed by atoms with Gasteiger partial charge < -0.3 is 9.72 Å². The van der Waals surface area contributed by atoms with Crippen molar-refractivity contribution in [2.45, 2.75) is 45.2 Å². The maximum Gasteiger partial charge on any atom is 0.137 e. The van der Waals surface area contributed by atoms with E-state index in [-0.39, 0.29) is 0 Å². The van der Waals surface area contributed by atoms with E-state index in [9.17, 15) is 0 Å². The van der Waals surface area contributed by atoms with Crippen molar-refractivity contribution in [3.05, 3.63) is 35.8 Å². The first-order valence-corrected chi connectivity index (χ1v) is 8.09. The molecule has 1 aliphatic heterocycles.